The lowest BCUT2D eigenvalue weighted by Gasteiger charge is -1.95. The maximum atomic E-state index is 11.5. The highest BCUT2D eigenvalue weighted by Crippen LogP contribution is 2.33. The Morgan fingerprint density at radius 3 is 2.92 bits per heavy atom. The van der Waals surface area contributed by atoms with Crippen molar-refractivity contribution in [1.29, 1.82) is 0 Å². The van der Waals surface area contributed by atoms with Crippen molar-refractivity contribution >= 4 is 0 Å². The van der Waals surface area contributed by atoms with Crippen LogP contribution < -0.4 is 5.69 Å². The van der Waals surface area contributed by atoms with Gasteiger partial charge in [0.1, 0.15) is 0 Å². The largest absolute Gasteiger partial charge is 0.328 e. The van der Waals surface area contributed by atoms with Crippen LogP contribution in [-0.2, 0) is 6.54 Å². The summed E-state index contributed by atoms with van der Waals surface area (Å²) in [5.74, 6) is 0. The maximum Gasteiger partial charge on any atom is 0.328 e. The van der Waals surface area contributed by atoms with Gasteiger partial charge >= 0.3 is 5.69 Å². The number of rotatable bonds is 3. The topological polar surface area (TPSA) is 26.9 Å². The Balaban J connectivity index is 2.33. The van der Waals surface area contributed by atoms with E-state index in [9.17, 15) is 4.79 Å². The summed E-state index contributed by atoms with van der Waals surface area (Å²) in [7, 11) is 0. The standard InChI is InChI=1S/C9H12N2O/c1-2-5-10-6-7-11(9(10)12)8-3-4-8/h2,6-8H,1,3-5H2. The lowest BCUT2D eigenvalue weighted by atomic mass is 10.6. The highest BCUT2D eigenvalue weighted by molar-refractivity contribution is 4.92. The van der Waals surface area contributed by atoms with Gasteiger partial charge in [-0.05, 0) is 12.8 Å². The lowest BCUT2D eigenvalue weighted by molar-refractivity contribution is 0.661. The first kappa shape index (κ1) is 7.40. The minimum atomic E-state index is 0.0948. The lowest BCUT2D eigenvalue weighted by Crippen LogP contribution is -2.22. The second-order valence-electron chi connectivity index (χ2n) is 3.16. The molecule has 0 N–H and O–H groups in total. The number of imidazole rings is 1. The molecule has 3 nitrogen and oxygen atoms in total. The second kappa shape index (κ2) is 2.66. The van der Waals surface area contributed by atoms with Gasteiger partial charge in [-0.25, -0.2) is 4.79 Å². The van der Waals surface area contributed by atoms with Crippen LogP contribution in [0.5, 0.6) is 0 Å². The summed E-state index contributed by atoms with van der Waals surface area (Å²) in [4.78, 5) is 11.5. The van der Waals surface area contributed by atoms with Gasteiger partial charge in [-0.2, -0.15) is 0 Å². The third-order valence-electron chi connectivity index (χ3n) is 2.14. The molecule has 0 amide bonds. The predicted molar refractivity (Wildman–Crippen MR) is 47.2 cm³/mol. The van der Waals surface area contributed by atoms with Crippen LogP contribution in [0.4, 0.5) is 0 Å². The van der Waals surface area contributed by atoms with Crippen LogP contribution in [0.15, 0.2) is 29.8 Å². The van der Waals surface area contributed by atoms with Crippen LogP contribution in [0.3, 0.4) is 0 Å². The van der Waals surface area contributed by atoms with Gasteiger partial charge in [0, 0.05) is 25.0 Å². The third kappa shape index (κ3) is 1.11. The van der Waals surface area contributed by atoms with Gasteiger partial charge in [-0.15, -0.1) is 6.58 Å². The molecule has 1 saturated carbocycles. The smallest absolute Gasteiger partial charge is 0.296 e. The summed E-state index contributed by atoms with van der Waals surface area (Å²) >= 11 is 0. The van der Waals surface area contributed by atoms with Crippen molar-refractivity contribution in [1.82, 2.24) is 9.13 Å². The van der Waals surface area contributed by atoms with Crippen LogP contribution in [0.25, 0.3) is 0 Å². The Kier molecular flexibility index (Phi) is 1.64. The third-order valence-corrected chi connectivity index (χ3v) is 2.14. The number of hydrogen-bond donors (Lipinski definition) is 0. The fourth-order valence-electron chi connectivity index (χ4n) is 1.34. The quantitative estimate of drug-likeness (QED) is 0.616. The molecule has 64 valence electrons. The fourth-order valence-corrected chi connectivity index (χ4v) is 1.34. The summed E-state index contributed by atoms with van der Waals surface area (Å²) in [6, 6.07) is 0.476. The van der Waals surface area contributed by atoms with Crippen molar-refractivity contribution in [2.45, 2.75) is 25.4 Å². The number of aromatic nitrogens is 2. The van der Waals surface area contributed by atoms with Gasteiger partial charge in [-0.3, -0.25) is 9.13 Å². The molecule has 12 heavy (non-hydrogen) atoms. The van der Waals surface area contributed by atoms with Crippen molar-refractivity contribution < 1.29 is 0 Å². The average Bonchev–Trinajstić information content (AvgIpc) is 2.82. The zero-order chi connectivity index (χ0) is 8.55. The number of allylic oxidation sites excluding steroid dienone is 1. The molecule has 1 heterocycles. The first-order valence-electron chi connectivity index (χ1n) is 4.21. The molecule has 0 radical (unpaired) electrons. The van der Waals surface area contributed by atoms with Crippen molar-refractivity contribution in [2.75, 3.05) is 0 Å². The number of hydrogen-bond acceptors (Lipinski definition) is 1. The summed E-state index contributed by atoms with van der Waals surface area (Å²) in [6.07, 6.45) is 7.72. The normalized spacial score (nSPS) is 16.3. The molecular weight excluding hydrogens is 152 g/mol. The molecule has 3 heteroatoms. The Hall–Kier alpha value is -1.25. The molecule has 1 aromatic heterocycles. The molecule has 0 bridgehead atoms. The van der Waals surface area contributed by atoms with Crippen LogP contribution in [0.1, 0.15) is 18.9 Å². The van der Waals surface area contributed by atoms with E-state index in [2.05, 4.69) is 6.58 Å². The second-order valence-corrected chi connectivity index (χ2v) is 3.16. The Morgan fingerprint density at radius 2 is 2.33 bits per heavy atom. The Morgan fingerprint density at radius 1 is 1.58 bits per heavy atom. The minimum Gasteiger partial charge on any atom is -0.296 e. The highest BCUT2D eigenvalue weighted by atomic mass is 16.1. The zero-order valence-corrected chi connectivity index (χ0v) is 6.94. The molecule has 0 unspecified atom stereocenters. The average molecular weight is 164 g/mol. The fraction of sp³-hybridized carbons (Fsp3) is 0.444. The van der Waals surface area contributed by atoms with Crippen LogP contribution in [0, 0.1) is 0 Å². The number of nitrogens with zero attached hydrogens (tertiary/aromatic N) is 2. The molecule has 1 fully saturated rings. The maximum absolute atomic E-state index is 11.5. The van der Waals surface area contributed by atoms with Crippen LogP contribution in [0.2, 0.25) is 0 Å². The molecular formula is C9H12N2O. The molecule has 0 aliphatic heterocycles. The van der Waals surface area contributed by atoms with E-state index >= 15 is 0 Å². The van der Waals surface area contributed by atoms with E-state index in [1.165, 1.54) is 0 Å². The van der Waals surface area contributed by atoms with E-state index < -0.39 is 0 Å². The summed E-state index contributed by atoms with van der Waals surface area (Å²) < 4.78 is 3.48. The van der Waals surface area contributed by atoms with Crippen molar-refractivity contribution in [3.05, 3.63) is 35.5 Å². The van der Waals surface area contributed by atoms with Crippen LogP contribution >= 0.6 is 0 Å². The van der Waals surface area contributed by atoms with E-state index in [-0.39, 0.29) is 5.69 Å². The summed E-state index contributed by atoms with van der Waals surface area (Å²) in [5.41, 5.74) is 0.0948. The van der Waals surface area contributed by atoms with E-state index in [0.29, 0.717) is 12.6 Å². The van der Waals surface area contributed by atoms with Crippen LogP contribution in [-0.4, -0.2) is 9.13 Å². The van der Waals surface area contributed by atoms with E-state index in [0.717, 1.165) is 12.8 Å². The molecule has 2 rings (SSSR count). The first-order chi connectivity index (χ1) is 5.83. The molecule has 1 aliphatic carbocycles. The summed E-state index contributed by atoms with van der Waals surface area (Å²) in [5, 5.41) is 0. The van der Waals surface area contributed by atoms with Gasteiger partial charge in [-0.1, -0.05) is 6.08 Å². The monoisotopic (exact) mass is 164 g/mol. The minimum absolute atomic E-state index is 0.0948. The van der Waals surface area contributed by atoms with Gasteiger partial charge in [0.15, 0.2) is 0 Å². The molecule has 0 aromatic carbocycles. The van der Waals surface area contributed by atoms with Gasteiger partial charge < -0.3 is 0 Å². The van der Waals surface area contributed by atoms with Crippen molar-refractivity contribution in [2.24, 2.45) is 0 Å². The molecule has 0 saturated heterocycles. The summed E-state index contributed by atoms with van der Waals surface area (Å²) in [6.45, 7) is 4.21. The van der Waals surface area contributed by atoms with E-state index in [4.69, 9.17) is 0 Å². The van der Waals surface area contributed by atoms with Crippen molar-refractivity contribution in [3.8, 4) is 0 Å². The Bertz CT molecular complexity index is 344. The SMILES string of the molecule is C=CCn1ccn(C2CC2)c1=O. The molecule has 1 aromatic rings. The van der Waals surface area contributed by atoms with Gasteiger partial charge in [0.25, 0.3) is 0 Å². The van der Waals surface area contributed by atoms with Crippen molar-refractivity contribution in [3.63, 3.8) is 0 Å². The predicted octanol–water partition coefficient (Wildman–Crippen LogP) is 1.17. The first-order valence-corrected chi connectivity index (χ1v) is 4.21. The highest BCUT2D eigenvalue weighted by Gasteiger charge is 2.25. The van der Waals surface area contributed by atoms with Gasteiger partial charge in [0.05, 0.1) is 0 Å². The van der Waals surface area contributed by atoms with E-state index in [1.807, 2.05) is 17.0 Å². The van der Waals surface area contributed by atoms with Gasteiger partial charge in [0.2, 0.25) is 0 Å². The Labute approximate surface area is 70.9 Å². The van der Waals surface area contributed by atoms with E-state index in [1.54, 1.807) is 10.6 Å². The molecule has 0 atom stereocenters. The molecule has 1 aliphatic rings. The molecule has 0 spiro atoms. The zero-order valence-electron chi connectivity index (χ0n) is 6.94.